The number of carbonyl (C=O) groups excluding carboxylic acids is 1. The number of hydrogen-bond donors (Lipinski definition) is 1. The van der Waals surface area contributed by atoms with E-state index in [0.717, 1.165) is 0 Å². The minimum absolute atomic E-state index is 0.0285. The molecule has 0 saturated carbocycles. The highest BCUT2D eigenvalue weighted by Crippen LogP contribution is 2.21. The molecule has 0 atom stereocenters. The molecule has 4 nitrogen and oxygen atoms in total. The van der Waals surface area contributed by atoms with E-state index in [1.807, 2.05) is 5.38 Å². The van der Waals surface area contributed by atoms with Gasteiger partial charge in [0.1, 0.15) is 4.88 Å². The molecule has 1 fully saturated rings. The topological polar surface area (TPSA) is 63.4 Å². The fourth-order valence-corrected chi connectivity index (χ4v) is 3.31. The van der Waals surface area contributed by atoms with Crippen molar-refractivity contribution < 1.29 is 9.00 Å². The lowest BCUT2D eigenvalue weighted by atomic mass is 10.3. The zero-order valence-corrected chi connectivity index (χ0v) is 9.77. The number of carbonyl (C=O) groups is 1. The van der Waals surface area contributed by atoms with Gasteiger partial charge in [0.15, 0.2) is 0 Å². The number of thiophene rings is 1. The van der Waals surface area contributed by atoms with Crippen molar-refractivity contribution in [2.24, 2.45) is 0 Å². The smallest absolute Gasteiger partial charge is 0.266 e. The predicted molar refractivity (Wildman–Crippen MR) is 62.5 cm³/mol. The fourth-order valence-electron chi connectivity index (χ4n) is 1.48. The summed E-state index contributed by atoms with van der Waals surface area (Å²) in [5.74, 6) is 1.13. The molecule has 2 rings (SSSR count). The maximum absolute atomic E-state index is 11.9. The van der Waals surface area contributed by atoms with Crippen molar-refractivity contribution in [1.29, 1.82) is 0 Å². The Hall–Kier alpha value is -0.880. The maximum Gasteiger partial charge on any atom is 0.266 e. The fraction of sp³-hybridized carbons (Fsp3) is 0.444. The highest BCUT2D eigenvalue weighted by Gasteiger charge is 2.23. The summed E-state index contributed by atoms with van der Waals surface area (Å²) in [5, 5.41) is 1.81. The molecule has 0 spiro atoms. The van der Waals surface area contributed by atoms with Crippen molar-refractivity contribution in [3.8, 4) is 0 Å². The van der Waals surface area contributed by atoms with E-state index in [4.69, 9.17) is 5.73 Å². The van der Waals surface area contributed by atoms with Gasteiger partial charge in [0.25, 0.3) is 5.91 Å². The molecule has 0 bridgehead atoms. The lowest BCUT2D eigenvalue weighted by Crippen LogP contribution is -2.41. The standard InChI is InChI=1S/C9H12N2O2S2/c10-7-1-4-14-8(7)9(12)11-2-5-15(13)6-3-11/h1,4H,2-3,5-6,10H2. The Balaban J connectivity index is 2.09. The Labute approximate surface area is 94.5 Å². The second-order valence-electron chi connectivity index (χ2n) is 3.35. The quantitative estimate of drug-likeness (QED) is 0.784. The van der Waals surface area contributed by atoms with E-state index in [9.17, 15) is 9.00 Å². The minimum Gasteiger partial charge on any atom is -0.397 e. The summed E-state index contributed by atoms with van der Waals surface area (Å²) in [7, 11) is -0.751. The third kappa shape index (κ3) is 2.21. The van der Waals surface area contributed by atoms with E-state index < -0.39 is 10.8 Å². The number of nitrogens with zero attached hydrogens (tertiary/aromatic N) is 1. The summed E-state index contributed by atoms with van der Waals surface area (Å²) in [6.45, 7) is 1.14. The van der Waals surface area contributed by atoms with Gasteiger partial charge in [-0.1, -0.05) is 0 Å². The Morgan fingerprint density at radius 3 is 2.67 bits per heavy atom. The SMILES string of the molecule is Nc1ccsc1C(=O)N1CCS(=O)CC1. The van der Waals surface area contributed by atoms with Crippen LogP contribution in [0.5, 0.6) is 0 Å². The van der Waals surface area contributed by atoms with Crippen LogP contribution >= 0.6 is 11.3 Å². The summed E-state index contributed by atoms with van der Waals surface area (Å²) < 4.78 is 11.1. The minimum atomic E-state index is -0.751. The largest absolute Gasteiger partial charge is 0.397 e. The van der Waals surface area contributed by atoms with E-state index in [1.165, 1.54) is 11.3 Å². The monoisotopic (exact) mass is 244 g/mol. The van der Waals surface area contributed by atoms with Gasteiger partial charge in [-0.15, -0.1) is 11.3 Å². The summed E-state index contributed by atoms with van der Waals surface area (Å²) in [5.41, 5.74) is 6.22. The van der Waals surface area contributed by atoms with Crippen molar-refractivity contribution >= 4 is 33.7 Å². The Morgan fingerprint density at radius 2 is 2.13 bits per heavy atom. The van der Waals surface area contributed by atoms with Crippen LogP contribution in [0.25, 0.3) is 0 Å². The van der Waals surface area contributed by atoms with Crippen LogP contribution in [-0.2, 0) is 10.8 Å². The van der Waals surface area contributed by atoms with Crippen LogP contribution in [0, 0.1) is 0 Å². The third-order valence-electron chi connectivity index (χ3n) is 2.35. The Morgan fingerprint density at radius 1 is 1.47 bits per heavy atom. The first-order valence-corrected chi connectivity index (χ1v) is 7.02. The van der Waals surface area contributed by atoms with Crippen LogP contribution in [0.4, 0.5) is 5.69 Å². The lowest BCUT2D eigenvalue weighted by Gasteiger charge is -2.25. The summed E-state index contributed by atoms with van der Waals surface area (Å²) in [4.78, 5) is 14.3. The van der Waals surface area contributed by atoms with Crippen LogP contribution < -0.4 is 5.73 Å². The third-order valence-corrected chi connectivity index (χ3v) is 4.55. The molecule has 1 aromatic rings. The zero-order chi connectivity index (χ0) is 10.8. The molecule has 1 saturated heterocycles. The van der Waals surface area contributed by atoms with Gasteiger partial charge in [-0.3, -0.25) is 9.00 Å². The van der Waals surface area contributed by atoms with Crippen LogP contribution in [0.3, 0.4) is 0 Å². The van der Waals surface area contributed by atoms with Crippen LogP contribution in [0.15, 0.2) is 11.4 Å². The first-order valence-electron chi connectivity index (χ1n) is 4.65. The summed E-state index contributed by atoms with van der Waals surface area (Å²) >= 11 is 1.36. The van der Waals surface area contributed by atoms with E-state index >= 15 is 0 Å². The van der Waals surface area contributed by atoms with Crippen LogP contribution in [0.1, 0.15) is 9.67 Å². The van der Waals surface area contributed by atoms with Gasteiger partial charge < -0.3 is 10.6 Å². The predicted octanol–water partition coefficient (Wildman–Crippen LogP) is 0.535. The number of amides is 1. The molecule has 1 aliphatic heterocycles. The molecule has 6 heteroatoms. The van der Waals surface area contributed by atoms with E-state index in [1.54, 1.807) is 11.0 Å². The van der Waals surface area contributed by atoms with Crippen molar-refractivity contribution in [2.75, 3.05) is 30.3 Å². The zero-order valence-electron chi connectivity index (χ0n) is 8.14. The van der Waals surface area contributed by atoms with Gasteiger partial charge in [-0.2, -0.15) is 0 Å². The van der Waals surface area contributed by atoms with E-state index in [2.05, 4.69) is 0 Å². The molecule has 0 aliphatic carbocycles. The molecule has 0 unspecified atom stereocenters. The number of nitrogens with two attached hydrogens (primary N) is 1. The molecule has 0 aromatic carbocycles. The molecule has 1 aliphatic rings. The molecule has 1 aromatic heterocycles. The van der Waals surface area contributed by atoms with Crippen molar-refractivity contribution in [1.82, 2.24) is 4.90 Å². The van der Waals surface area contributed by atoms with Gasteiger partial charge in [0.05, 0.1) is 5.69 Å². The highest BCUT2D eigenvalue weighted by atomic mass is 32.2. The second-order valence-corrected chi connectivity index (χ2v) is 5.96. The summed E-state index contributed by atoms with van der Waals surface area (Å²) in [6, 6.07) is 1.74. The average molecular weight is 244 g/mol. The van der Waals surface area contributed by atoms with E-state index in [0.29, 0.717) is 35.2 Å². The van der Waals surface area contributed by atoms with Crippen LogP contribution in [0.2, 0.25) is 0 Å². The van der Waals surface area contributed by atoms with Gasteiger partial charge in [0, 0.05) is 35.4 Å². The number of rotatable bonds is 1. The van der Waals surface area contributed by atoms with Crippen molar-refractivity contribution in [3.63, 3.8) is 0 Å². The maximum atomic E-state index is 11.9. The second kappa shape index (κ2) is 4.32. The van der Waals surface area contributed by atoms with Gasteiger partial charge in [-0.05, 0) is 11.4 Å². The molecule has 0 radical (unpaired) electrons. The molecular formula is C9H12N2O2S2. The molecule has 1 amide bonds. The highest BCUT2D eigenvalue weighted by molar-refractivity contribution is 7.85. The van der Waals surface area contributed by atoms with Gasteiger partial charge in [-0.25, -0.2) is 0 Å². The number of anilines is 1. The number of nitrogen functional groups attached to an aromatic ring is 1. The van der Waals surface area contributed by atoms with Crippen molar-refractivity contribution in [2.45, 2.75) is 0 Å². The normalized spacial score (nSPS) is 18.0. The van der Waals surface area contributed by atoms with Crippen LogP contribution in [-0.4, -0.2) is 39.6 Å². The molecular weight excluding hydrogens is 232 g/mol. The molecule has 15 heavy (non-hydrogen) atoms. The van der Waals surface area contributed by atoms with Gasteiger partial charge in [0.2, 0.25) is 0 Å². The molecule has 82 valence electrons. The number of hydrogen-bond acceptors (Lipinski definition) is 4. The average Bonchev–Trinajstić information content (AvgIpc) is 2.65. The first-order chi connectivity index (χ1) is 7.18. The lowest BCUT2D eigenvalue weighted by molar-refractivity contribution is 0.0777. The Kier molecular flexibility index (Phi) is 3.06. The molecule has 2 N–H and O–H groups in total. The van der Waals surface area contributed by atoms with Crippen molar-refractivity contribution in [3.05, 3.63) is 16.3 Å². The van der Waals surface area contributed by atoms with Gasteiger partial charge >= 0.3 is 0 Å². The Bertz CT molecular complexity index is 393. The molecule has 2 heterocycles. The summed E-state index contributed by atoms with van der Waals surface area (Å²) in [6.07, 6.45) is 0. The van der Waals surface area contributed by atoms with E-state index in [-0.39, 0.29) is 5.91 Å². The first kappa shape index (κ1) is 10.6.